The average molecular weight is 459 g/mol. The van der Waals surface area contributed by atoms with Crippen LogP contribution in [0.25, 0.3) is 0 Å². The number of nitrogens with one attached hydrogen (secondary N) is 2. The molecule has 2 aromatic rings. The molecule has 0 aliphatic carbocycles. The molecule has 0 atom stereocenters. The van der Waals surface area contributed by atoms with Gasteiger partial charge in [0.05, 0.1) is 6.54 Å². The Bertz CT molecular complexity index is 926. The molecule has 3 amide bonds. The first kappa shape index (κ1) is 23.6. The van der Waals surface area contributed by atoms with Gasteiger partial charge in [-0.1, -0.05) is 23.7 Å². The summed E-state index contributed by atoms with van der Waals surface area (Å²) in [6.07, 6.45) is 0. The van der Waals surface area contributed by atoms with Crippen LogP contribution in [0.4, 0.5) is 0 Å². The van der Waals surface area contributed by atoms with E-state index in [-0.39, 0.29) is 25.0 Å². The first-order chi connectivity index (χ1) is 15.4. The molecule has 1 aliphatic rings. The summed E-state index contributed by atoms with van der Waals surface area (Å²) in [6, 6.07) is 13.8. The minimum atomic E-state index is -0.401. The number of piperazine rings is 1. The predicted molar refractivity (Wildman–Crippen MR) is 122 cm³/mol. The second kappa shape index (κ2) is 11.5. The fraction of sp³-hybridized carbons (Fsp3) is 0.348. The number of amides is 3. The van der Waals surface area contributed by atoms with Crippen LogP contribution in [0.2, 0.25) is 5.02 Å². The Labute approximate surface area is 192 Å². The number of ether oxygens (including phenoxy) is 1. The Morgan fingerprint density at radius 3 is 2.22 bits per heavy atom. The first-order valence-electron chi connectivity index (χ1n) is 10.4. The molecule has 0 aromatic heterocycles. The van der Waals surface area contributed by atoms with Gasteiger partial charge in [-0.15, -0.1) is 0 Å². The molecule has 0 bridgehead atoms. The number of hydrogen-bond acceptors (Lipinski definition) is 5. The molecule has 8 nitrogen and oxygen atoms in total. The van der Waals surface area contributed by atoms with E-state index >= 15 is 0 Å². The predicted octanol–water partition coefficient (Wildman–Crippen LogP) is 1.54. The second-order valence-electron chi connectivity index (χ2n) is 7.59. The summed E-state index contributed by atoms with van der Waals surface area (Å²) in [5.74, 6) is -0.176. The number of carbonyl (C=O) groups excluding carboxylic acids is 3. The largest absolute Gasteiger partial charge is 0.484 e. The zero-order valence-corrected chi connectivity index (χ0v) is 18.7. The van der Waals surface area contributed by atoms with E-state index in [0.29, 0.717) is 22.9 Å². The summed E-state index contributed by atoms with van der Waals surface area (Å²) in [5, 5.41) is 5.83. The lowest BCUT2D eigenvalue weighted by Gasteiger charge is -2.32. The van der Waals surface area contributed by atoms with Gasteiger partial charge in [0.2, 0.25) is 5.91 Å². The van der Waals surface area contributed by atoms with E-state index in [2.05, 4.69) is 15.5 Å². The van der Waals surface area contributed by atoms with Crippen LogP contribution in [-0.2, 0) is 16.1 Å². The van der Waals surface area contributed by atoms with Crippen LogP contribution < -0.4 is 15.4 Å². The lowest BCUT2D eigenvalue weighted by Crippen LogP contribution is -2.47. The lowest BCUT2D eigenvalue weighted by molar-refractivity contribution is -0.127. The van der Waals surface area contributed by atoms with E-state index in [1.54, 1.807) is 36.4 Å². The summed E-state index contributed by atoms with van der Waals surface area (Å²) in [7, 11) is 2.05. The number of rotatable bonds is 8. The van der Waals surface area contributed by atoms with Crippen molar-refractivity contribution in [3.8, 4) is 5.75 Å². The zero-order valence-electron chi connectivity index (χ0n) is 18.0. The van der Waals surface area contributed by atoms with Gasteiger partial charge < -0.3 is 25.2 Å². The van der Waals surface area contributed by atoms with Crippen molar-refractivity contribution in [3.63, 3.8) is 0 Å². The molecule has 1 saturated heterocycles. The monoisotopic (exact) mass is 458 g/mol. The van der Waals surface area contributed by atoms with Crippen LogP contribution in [0.1, 0.15) is 15.9 Å². The molecule has 1 heterocycles. The zero-order chi connectivity index (χ0) is 22.9. The van der Waals surface area contributed by atoms with Gasteiger partial charge >= 0.3 is 0 Å². The van der Waals surface area contributed by atoms with Gasteiger partial charge in [-0.25, -0.2) is 0 Å². The van der Waals surface area contributed by atoms with Crippen LogP contribution in [0.15, 0.2) is 48.5 Å². The van der Waals surface area contributed by atoms with E-state index in [0.717, 1.165) is 31.7 Å². The molecule has 2 aromatic carbocycles. The fourth-order valence-electron chi connectivity index (χ4n) is 3.13. The third kappa shape index (κ3) is 7.25. The van der Waals surface area contributed by atoms with Gasteiger partial charge in [0.1, 0.15) is 5.75 Å². The minimum Gasteiger partial charge on any atom is -0.484 e. The molecular weight excluding hydrogens is 432 g/mol. The van der Waals surface area contributed by atoms with E-state index in [1.165, 1.54) is 0 Å². The van der Waals surface area contributed by atoms with Gasteiger partial charge in [0, 0.05) is 43.3 Å². The topological polar surface area (TPSA) is 91.0 Å². The molecule has 1 aliphatic heterocycles. The number of halogens is 1. The van der Waals surface area contributed by atoms with E-state index < -0.39 is 5.91 Å². The number of hydrogen-bond donors (Lipinski definition) is 2. The van der Waals surface area contributed by atoms with Crippen molar-refractivity contribution in [3.05, 3.63) is 64.7 Å². The molecule has 0 spiro atoms. The Balaban J connectivity index is 1.35. The van der Waals surface area contributed by atoms with Gasteiger partial charge in [0.15, 0.2) is 6.61 Å². The SMILES string of the molecule is CN1CCN(C(=O)c2ccc(CNC(=O)CNC(=O)COc3ccc(Cl)cc3)cc2)CC1. The van der Waals surface area contributed by atoms with Crippen LogP contribution in [0, 0.1) is 0 Å². The van der Waals surface area contributed by atoms with Crippen molar-refractivity contribution in [2.24, 2.45) is 0 Å². The highest BCUT2D eigenvalue weighted by Gasteiger charge is 2.20. The summed E-state index contributed by atoms with van der Waals surface area (Å²) in [6.45, 7) is 3.16. The van der Waals surface area contributed by atoms with E-state index in [4.69, 9.17) is 16.3 Å². The molecule has 0 radical (unpaired) electrons. The molecule has 3 rings (SSSR count). The summed E-state index contributed by atoms with van der Waals surface area (Å²) in [5.41, 5.74) is 1.50. The quantitative estimate of drug-likeness (QED) is 0.626. The second-order valence-corrected chi connectivity index (χ2v) is 8.02. The molecule has 9 heteroatoms. The van der Waals surface area contributed by atoms with Crippen LogP contribution >= 0.6 is 11.6 Å². The van der Waals surface area contributed by atoms with E-state index in [9.17, 15) is 14.4 Å². The summed E-state index contributed by atoms with van der Waals surface area (Å²) < 4.78 is 5.33. The molecule has 32 heavy (non-hydrogen) atoms. The smallest absolute Gasteiger partial charge is 0.258 e. The molecular formula is C23H27ClN4O4. The minimum absolute atomic E-state index is 0.0252. The maximum Gasteiger partial charge on any atom is 0.258 e. The highest BCUT2D eigenvalue weighted by Crippen LogP contribution is 2.15. The summed E-state index contributed by atoms with van der Waals surface area (Å²) >= 11 is 5.79. The molecule has 0 saturated carbocycles. The Morgan fingerprint density at radius 1 is 0.906 bits per heavy atom. The van der Waals surface area contributed by atoms with Crippen molar-refractivity contribution in [1.29, 1.82) is 0 Å². The van der Waals surface area contributed by atoms with Gasteiger partial charge in [-0.2, -0.15) is 0 Å². The first-order valence-corrected chi connectivity index (χ1v) is 10.8. The molecule has 170 valence electrons. The molecule has 1 fully saturated rings. The maximum atomic E-state index is 12.6. The van der Waals surface area contributed by atoms with Gasteiger partial charge in [-0.3, -0.25) is 14.4 Å². The highest BCUT2D eigenvalue weighted by molar-refractivity contribution is 6.30. The fourth-order valence-corrected chi connectivity index (χ4v) is 3.26. The average Bonchev–Trinajstić information content (AvgIpc) is 2.81. The molecule has 0 unspecified atom stereocenters. The standard InChI is InChI=1S/C23H27ClN4O4/c1-27-10-12-28(13-11-27)23(31)18-4-2-17(3-5-18)14-25-21(29)15-26-22(30)16-32-20-8-6-19(24)7-9-20/h2-9H,10-16H2,1H3,(H,25,29)(H,26,30). The number of carbonyl (C=O) groups is 3. The number of benzene rings is 2. The van der Waals surface area contributed by atoms with Crippen molar-refractivity contribution in [2.75, 3.05) is 46.4 Å². The van der Waals surface area contributed by atoms with Crippen LogP contribution in [0.3, 0.4) is 0 Å². The number of nitrogens with zero attached hydrogens (tertiary/aromatic N) is 2. The Morgan fingerprint density at radius 2 is 1.56 bits per heavy atom. The van der Waals surface area contributed by atoms with Gasteiger partial charge in [-0.05, 0) is 49.0 Å². The third-order valence-electron chi connectivity index (χ3n) is 5.11. The van der Waals surface area contributed by atoms with Crippen molar-refractivity contribution in [1.82, 2.24) is 20.4 Å². The van der Waals surface area contributed by atoms with E-state index in [1.807, 2.05) is 24.1 Å². The maximum absolute atomic E-state index is 12.6. The van der Waals surface area contributed by atoms with Crippen molar-refractivity contribution < 1.29 is 19.1 Å². The van der Waals surface area contributed by atoms with Crippen LogP contribution in [-0.4, -0.2) is 73.9 Å². The van der Waals surface area contributed by atoms with Crippen LogP contribution in [0.5, 0.6) is 5.75 Å². The van der Waals surface area contributed by atoms with Crippen molar-refractivity contribution in [2.45, 2.75) is 6.54 Å². The molecule has 2 N–H and O–H groups in total. The highest BCUT2D eigenvalue weighted by atomic mass is 35.5. The summed E-state index contributed by atoms with van der Waals surface area (Å²) in [4.78, 5) is 40.5. The van der Waals surface area contributed by atoms with Gasteiger partial charge in [0.25, 0.3) is 11.8 Å². The normalized spacial score (nSPS) is 14.0. The lowest BCUT2D eigenvalue weighted by atomic mass is 10.1. The van der Waals surface area contributed by atoms with Crippen molar-refractivity contribution >= 4 is 29.3 Å². The number of likely N-dealkylation sites (N-methyl/N-ethyl adjacent to an activating group) is 1. The Hall–Kier alpha value is -3.10. The third-order valence-corrected chi connectivity index (χ3v) is 5.36. The Kier molecular flexibility index (Phi) is 8.47.